The summed E-state index contributed by atoms with van der Waals surface area (Å²) in [7, 11) is 1.11. The first-order valence-electron chi connectivity index (χ1n) is 5.20. The van der Waals surface area contributed by atoms with Gasteiger partial charge in [0.05, 0.1) is 12.7 Å². The van der Waals surface area contributed by atoms with Gasteiger partial charge < -0.3 is 14.8 Å². The summed E-state index contributed by atoms with van der Waals surface area (Å²) in [6.07, 6.45) is -1.17. The van der Waals surface area contributed by atoms with Gasteiger partial charge in [0.2, 0.25) is 0 Å². The number of hydrogen-bond acceptors (Lipinski definition) is 3. The van der Waals surface area contributed by atoms with Gasteiger partial charge in [-0.2, -0.15) is 0 Å². The number of amides is 1. The van der Waals surface area contributed by atoms with Gasteiger partial charge in [0, 0.05) is 0 Å². The zero-order valence-electron chi connectivity index (χ0n) is 10.1. The van der Waals surface area contributed by atoms with E-state index in [0.29, 0.717) is 0 Å². The molecule has 0 aromatic heterocycles. The van der Waals surface area contributed by atoms with Gasteiger partial charge in [0.15, 0.2) is 18.2 Å². The number of hydrogen-bond donors (Lipinski definition) is 1. The maximum absolute atomic E-state index is 13.9. The molecule has 0 saturated carbocycles. The number of alkyl halides is 2. The van der Waals surface area contributed by atoms with E-state index in [1.54, 1.807) is 5.32 Å². The van der Waals surface area contributed by atoms with Gasteiger partial charge in [-0.15, -0.1) is 12.4 Å². The molecule has 1 saturated heterocycles. The lowest BCUT2D eigenvalue weighted by molar-refractivity contribution is -0.105. The van der Waals surface area contributed by atoms with Crippen LogP contribution in [0, 0.1) is 11.6 Å². The molecule has 1 N–H and O–H groups in total. The molecule has 1 atom stereocenters. The summed E-state index contributed by atoms with van der Waals surface area (Å²) in [6, 6.07) is -0.397. The number of methoxy groups -OCH3 is 1. The van der Waals surface area contributed by atoms with Crippen LogP contribution >= 0.6 is 12.4 Å². The van der Waals surface area contributed by atoms with Crippen molar-refractivity contribution >= 4 is 18.5 Å². The summed E-state index contributed by atoms with van der Waals surface area (Å²) < 4.78 is 63.4. The van der Waals surface area contributed by atoms with Crippen molar-refractivity contribution in [2.45, 2.75) is 12.0 Å². The fraction of sp³-hybridized carbons (Fsp3) is 0.364. The lowest BCUT2D eigenvalue weighted by Crippen LogP contribution is -2.50. The summed E-state index contributed by atoms with van der Waals surface area (Å²) >= 11 is 0. The summed E-state index contributed by atoms with van der Waals surface area (Å²) in [4.78, 5) is 11.0. The lowest BCUT2D eigenvalue weighted by Gasteiger charge is -2.32. The molecule has 4 nitrogen and oxygen atoms in total. The Balaban J connectivity index is 0.00000200. The Morgan fingerprint density at radius 3 is 2.65 bits per heavy atom. The average Bonchev–Trinajstić information content (AvgIpc) is 2.34. The highest BCUT2D eigenvalue weighted by atomic mass is 35.5. The summed E-state index contributed by atoms with van der Waals surface area (Å²) in [6.45, 7) is -1.25. The number of ether oxygens (including phenoxy) is 2. The van der Waals surface area contributed by atoms with Crippen LogP contribution in [0.15, 0.2) is 12.1 Å². The first kappa shape index (κ1) is 16.4. The first-order valence-corrected chi connectivity index (χ1v) is 5.20. The van der Waals surface area contributed by atoms with Crippen molar-refractivity contribution in [1.29, 1.82) is 0 Å². The molecule has 0 aliphatic carbocycles. The SMILES string of the molecule is COc1ccc(F)c([C@H]2NC(=O)OCC2(F)F)c1F.Cl. The molecular weight excluding hydrogens is 306 g/mol. The maximum atomic E-state index is 13.9. The number of benzene rings is 1. The number of rotatable bonds is 2. The quantitative estimate of drug-likeness (QED) is 0.854. The van der Waals surface area contributed by atoms with Gasteiger partial charge in [0.1, 0.15) is 11.9 Å². The van der Waals surface area contributed by atoms with Gasteiger partial charge in [-0.1, -0.05) is 0 Å². The molecule has 9 heteroatoms. The van der Waals surface area contributed by atoms with Crippen LogP contribution in [0.2, 0.25) is 0 Å². The summed E-state index contributed by atoms with van der Waals surface area (Å²) in [5, 5.41) is 1.71. The molecule has 1 aliphatic heterocycles. The number of nitrogens with one attached hydrogen (secondary N) is 1. The molecule has 1 aromatic rings. The monoisotopic (exact) mass is 315 g/mol. The third-order valence-electron chi connectivity index (χ3n) is 2.68. The smallest absolute Gasteiger partial charge is 0.408 e. The van der Waals surface area contributed by atoms with E-state index in [4.69, 9.17) is 0 Å². The van der Waals surface area contributed by atoms with Crippen molar-refractivity contribution in [3.05, 3.63) is 29.3 Å². The van der Waals surface area contributed by atoms with Crippen molar-refractivity contribution in [2.24, 2.45) is 0 Å². The minimum atomic E-state index is -3.64. The van der Waals surface area contributed by atoms with E-state index in [1.807, 2.05) is 0 Å². The second-order valence-corrected chi connectivity index (χ2v) is 3.89. The minimum Gasteiger partial charge on any atom is -0.494 e. The predicted octanol–water partition coefficient (Wildman–Crippen LogP) is 2.81. The average molecular weight is 316 g/mol. The van der Waals surface area contributed by atoms with Gasteiger partial charge >= 0.3 is 12.0 Å². The van der Waals surface area contributed by atoms with E-state index in [-0.39, 0.29) is 12.4 Å². The zero-order chi connectivity index (χ0) is 14.2. The topological polar surface area (TPSA) is 47.6 Å². The normalized spacial score (nSPS) is 20.4. The van der Waals surface area contributed by atoms with Crippen LogP contribution in [0.3, 0.4) is 0 Å². The third kappa shape index (κ3) is 2.74. The summed E-state index contributed by atoms with van der Waals surface area (Å²) in [5.41, 5.74) is -0.957. The van der Waals surface area contributed by atoms with E-state index in [2.05, 4.69) is 9.47 Å². The number of alkyl carbamates (subject to hydrolysis) is 1. The Bertz CT molecular complexity index is 527. The predicted molar refractivity (Wildman–Crippen MR) is 62.3 cm³/mol. The van der Waals surface area contributed by atoms with E-state index in [1.165, 1.54) is 0 Å². The number of cyclic esters (lactones) is 1. The fourth-order valence-corrected chi connectivity index (χ4v) is 1.77. The molecule has 0 bridgehead atoms. The van der Waals surface area contributed by atoms with Crippen molar-refractivity contribution in [2.75, 3.05) is 13.7 Å². The minimum absolute atomic E-state index is 0. The Morgan fingerprint density at radius 1 is 1.40 bits per heavy atom. The van der Waals surface area contributed by atoms with Crippen molar-refractivity contribution < 1.29 is 31.8 Å². The van der Waals surface area contributed by atoms with Gasteiger partial charge in [-0.25, -0.2) is 22.4 Å². The molecule has 1 aliphatic rings. The van der Waals surface area contributed by atoms with E-state index < -0.39 is 47.6 Å². The number of carbonyl (C=O) groups is 1. The number of carbonyl (C=O) groups excluding carboxylic acids is 1. The second kappa shape index (κ2) is 5.74. The van der Waals surface area contributed by atoms with Crippen molar-refractivity contribution in [1.82, 2.24) is 5.32 Å². The fourth-order valence-electron chi connectivity index (χ4n) is 1.77. The molecule has 2 rings (SSSR count). The molecule has 0 unspecified atom stereocenters. The molecule has 0 radical (unpaired) electrons. The highest BCUT2D eigenvalue weighted by Crippen LogP contribution is 2.38. The van der Waals surface area contributed by atoms with Crippen LogP contribution in [-0.2, 0) is 4.74 Å². The van der Waals surface area contributed by atoms with E-state index in [9.17, 15) is 22.4 Å². The van der Waals surface area contributed by atoms with Crippen LogP contribution < -0.4 is 10.1 Å². The molecule has 20 heavy (non-hydrogen) atoms. The number of halogens is 5. The highest BCUT2D eigenvalue weighted by molar-refractivity contribution is 5.85. The highest BCUT2D eigenvalue weighted by Gasteiger charge is 2.49. The summed E-state index contributed by atoms with van der Waals surface area (Å²) in [5.74, 6) is -6.52. The van der Waals surface area contributed by atoms with Crippen LogP contribution in [0.25, 0.3) is 0 Å². The Labute approximate surface area is 117 Å². The Hall–Kier alpha value is -1.70. The first-order chi connectivity index (χ1) is 8.86. The molecule has 1 fully saturated rings. The molecule has 0 spiro atoms. The Morgan fingerprint density at radius 2 is 2.05 bits per heavy atom. The van der Waals surface area contributed by atoms with Crippen molar-refractivity contribution in [3.8, 4) is 5.75 Å². The van der Waals surface area contributed by atoms with Crippen LogP contribution in [0.1, 0.15) is 11.6 Å². The maximum Gasteiger partial charge on any atom is 0.408 e. The second-order valence-electron chi connectivity index (χ2n) is 3.89. The largest absolute Gasteiger partial charge is 0.494 e. The van der Waals surface area contributed by atoms with Crippen LogP contribution in [0.5, 0.6) is 5.75 Å². The third-order valence-corrected chi connectivity index (χ3v) is 2.68. The van der Waals surface area contributed by atoms with Crippen LogP contribution in [-0.4, -0.2) is 25.7 Å². The van der Waals surface area contributed by atoms with Gasteiger partial charge in [-0.05, 0) is 12.1 Å². The standard InChI is InChI=1S/C11H9F4NO3.ClH/c1-18-6-3-2-5(12)7(8(6)13)9-11(14,15)4-19-10(17)16-9;/h2-3,9H,4H2,1H3,(H,16,17);1H/t9-;/m1./s1. The molecule has 1 aromatic carbocycles. The molecular formula is C11H10ClF4NO3. The van der Waals surface area contributed by atoms with E-state index >= 15 is 0 Å². The van der Waals surface area contributed by atoms with Gasteiger partial charge in [0.25, 0.3) is 0 Å². The molecule has 112 valence electrons. The van der Waals surface area contributed by atoms with Crippen molar-refractivity contribution in [3.63, 3.8) is 0 Å². The van der Waals surface area contributed by atoms with E-state index in [0.717, 1.165) is 19.2 Å². The Kier molecular flexibility index (Phi) is 4.69. The van der Waals surface area contributed by atoms with Gasteiger partial charge in [-0.3, -0.25) is 0 Å². The molecule has 1 amide bonds. The lowest BCUT2D eigenvalue weighted by atomic mass is 9.98. The van der Waals surface area contributed by atoms with Crippen LogP contribution in [0.4, 0.5) is 22.4 Å². The molecule has 1 heterocycles. The zero-order valence-corrected chi connectivity index (χ0v) is 10.9.